The fraction of sp³-hybridized carbons (Fsp3) is 0.357. The highest BCUT2D eigenvalue weighted by molar-refractivity contribution is 7.99. The van der Waals surface area contributed by atoms with Crippen molar-refractivity contribution in [2.45, 2.75) is 17.9 Å². The fourth-order valence-corrected chi connectivity index (χ4v) is 2.41. The van der Waals surface area contributed by atoms with Gasteiger partial charge in [-0.25, -0.2) is 13.9 Å². The second kappa shape index (κ2) is 9.30. The van der Waals surface area contributed by atoms with Crippen molar-refractivity contribution in [3.05, 3.63) is 35.9 Å². The van der Waals surface area contributed by atoms with Gasteiger partial charge >= 0.3 is 12.3 Å². The van der Waals surface area contributed by atoms with Crippen LogP contribution in [0.1, 0.15) is 5.82 Å². The van der Waals surface area contributed by atoms with Crippen LogP contribution in [-0.4, -0.2) is 46.0 Å². The van der Waals surface area contributed by atoms with E-state index in [1.165, 1.54) is 28.9 Å². The molecule has 0 fully saturated rings. The Bertz CT molecular complexity index is 754. The lowest BCUT2D eigenvalue weighted by atomic mass is 10.3. The van der Waals surface area contributed by atoms with Crippen LogP contribution in [-0.2, 0) is 11.3 Å². The summed E-state index contributed by atoms with van der Waals surface area (Å²) < 4.78 is 59.1. The van der Waals surface area contributed by atoms with E-state index < -0.39 is 18.9 Å². The van der Waals surface area contributed by atoms with Crippen LogP contribution in [0, 0.1) is 5.82 Å². The van der Waals surface area contributed by atoms with Crippen LogP contribution in [0.2, 0.25) is 0 Å². The maximum atomic E-state index is 12.8. The number of amides is 1. The number of nitrogens with two attached hydrogens (primary N) is 1. The standard InChI is InChI=1S/C14H15F4N5O3S/c15-9-1-3-10(4-2-9)25-7-11-21-22-12(23(11)19)27-6-5-20-13(24)26-8-14(16,17)18/h1-4H,5-8,19H2,(H,20,24). The summed E-state index contributed by atoms with van der Waals surface area (Å²) in [5.74, 6) is 6.44. The third-order valence-electron chi connectivity index (χ3n) is 2.89. The SMILES string of the molecule is Nn1c(COc2ccc(F)cc2)nnc1SCCNC(=O)OCC(F)(F)F. The molecule has 0 saturated heterocycles. The number of hydrogen-bond donors (Lipinski definition) is 2. The molecule has 0 aliphatic rings. The number of nitrogen functional groups attached to an aromatic ring is 1. The minimum atomic E-state index is -4.57. The van der Waals surface area contributed by atoms with Gasteiger partial charge < -0.3 is 20.6 Å². The average molecular weight is 409 g/mol. The Morgan fingerprint density at radius 2 is 1.96 bits per heavy atom. The van der Waals surface area contributed by atoms with Gasteiger partial charge in [0.2, 0.25) is 5.16 Å². The van der Waals surface area contributed by atoms with Crippen molar-refractivity contribution in [1.29, 1.82) is 0 Å². The van der Waals surface area contributed by atoms with Crippen molar-refractivity contribution >= 4 is 17.9 Å². The van der Waals surface area contributed by atoms with Crippen molar-refractivity contribution < 1.29 is 31.8 Å². The Morgan fingerprint density at radius 3 is 2.63 bits per heavy atom. The normalized spacial score (nSPS) is 11.3. The minimum absolute atomic E-state index is 0.00227. The molecule has 13 heteroatoms. The van der Waals surface area contributed by atoms with E-state index in [1.54, 1.807) is 0 Å². The first kappa shape index (κ1) is 20.6. The van der Waals surface area contributed by atoms with Gasteiger partial charge in [-0.3, -0.25) is 0 Å². The predicted molar refractivity (Wildman–Crippen MR) is 87.0 cm³/mol. The summed E-state index contributed by atoms with van der Waals surface area (Å²) in [6.45, 7) is -1.62. The fourth-order valence-electron chi connectivity index (χ4n) is 1.68. The van der Waals surface area contributed by atoms with E-state index in [4.69, 9.17) is 10.6 Å². The van der Waals surface area contributed by atoms with Crippen LogP contribution >= 0.6 is 11.8 Å². The van der Waals surface area contributed by atoms with Crippen LogP contribution in [0.25, 0.3) is 0 Å². The molecule has 0 aliphatic heterocycles. The predicted octanol–water partition coefficient (Wildman–Crippen LogP) is 2.09. The maximum Gasteiger partial charge on any atom is 0.422 e. The maximum absolute atomic E-state index is 12.8. The molecular formula is C14H15F4N5O3S. The zero-order valence-electron chi connectivity index (χ0n) is 13.7. The Hall–Kier alpha value is -2.70. The lowest BCUT2D eigenvalue weighted by molar-refractivity contribution is -0.160. The third-order valence-corrected chi connectivity index (χ3v) is 3.83. The van der Waals surface area contributed by atoms with Gasteiger partial charge in [-0.2, -0.15) is 13.2 Å². The molecule has 3 N–H and O–H groups in total. The quantitative estimate of drug-likeness (QED) is 0.298. The van der Waals surface area contributed by atoms with Crippen LogP contribution < -0.4 is 15.9 Å². The average Bonchev–Trinajstić information content (AvgIpc) is 2.96. The molecule has 1 heterocycles. The summed E-state index contributed by atoms with van der Waals surface area (Å²) in [5.41, 5.74) is 0. The van der Waals surface area contributed by atoms with E-state index in [2.05, 4.69) is 20.3 Å². The van der Waals surface area contributed by atoms with Gasteiger partial charge in [-0.15, -0.1) is 10.2 Å². The monoisotopic (exact) mass is 409 g/mol. The Labute approximate surface area is 155 Å². The highest BCUT2D eigenvalue weighted by atomic mass is 32.2. The number of benzene rings is 1. The van der Waals surface area contributed by atoms with Gasteiger partial charge in [0.05, 0.1) is 0 Å². The number of hydrogen-bond acceptors (Lipinski definition) is 7. The number of carbonyl (C=O) groups excluding carboxylic acids is 1. The number of thioether (sulfide) groups is 1. The molecule has 1 aromatic carbocycles. The largest absolute Gasteiger partial charge is 0.486 e. The van der Waals surface area contributed by atoms with Gasteiger partial charge in [-0.05, 0) is 24.3 Å². The zero-order valence-corrected chi connectivity index (χ0v) is 14.5. The van der Waals surface area contributed by atoms with Crippen LogP contribution in [0.3, 0.4) is 0 Å². The lowest BCUT2D eigenvalue weighted by Crippen LogP contribution is -2.30. The molecule has 1 amide bonds. The summed E-state index contributed by atoms with van der Waals surface area (Å²) in [5, 5.41) is 10.2. The first-order valence-corrected chi connectivity index (χ1v) is 8.41. The Balaban J connectivity index is 1.72. The number of nitrogens with zero attached hydrogens (tertiary/aromatic N) is 3. The number of rotatable bonds is 8. The molecule has 0 atom stereocenters. The van der Waals surface area contributed by atoms with Gasteiger partial charge in [0, 0.05) is 12.3 Å². The van der Waals surface area contributed by atoms with E-state index >= 15 is 0 Å². The number of nitrogens with one attached hydrogen (secondary N) is 1. The molecule has 0 spiro atoms. The van der Waals surface area contributed by atoms with Gasteiger partial charge in [0.15, 0.2) is 12.4 Å². The smallest absolute Gasteiger partial charge is 0.422 e. The highest BCUT2D eigenvalue weighted by Crippen LogP contribution is 2.17. The molecule has 0 bridgehead atoms. The van der Waals surface area contributed by atoms with Crippen LogP contribution in [0.4, 0.5) is 22.4 Å². The number of alkyl carbamates (subject to hydrolysis) is 1. The zero-order chi connectivity index (χ0) is 19.9. The summed E-state index contributed by atoms with van der Waals surface area (Å²) in [4.78, 5) is 11.1. The molecule has 1 aromatic heterocycles. The van der Waals surface area contributed by atoms with E-state index in [9.17, 15) is 22.4 Å². The molecule has 148 valence electrons. The third kappa shape index (κ3) is 7.21. The van der Waals surface area contributed by atoms with E-state index in [0.717, 1.165) is 11.8 Å². The number of alkyl halides is 3. The van der Waals surface area contributed by atoms with Crippen molar-refractivity contribution in [3.63, 3.8) is 0 Å². The molecule has 0 saturated carbocycles. The van der Waals surface area contributed by atoms with Crippen LogP contribution in [0.15, 0.2) is 29.4 Å². The molecule has 2 aromatic rings. The summed E-state index contributed by atoms with van der Waals surface area (Å²) >= 11 is 1.12. The summed E-state index contributed by atoms with van der Waals surface area (Å²) in [7, 11) is 0. The number of carbonyl (C=O) groups is 1. The minimum Gasteiger partial charge on any atom is -0.486 e. The first-order chi connectivity index (χ1) is 12.7. The van der Waals surface area contributed by atoms with Crippen molar-refractivity contribution in [2.75, 3.05) is 24.7 Å². The van der Waals surface area contributed by atoms with Gasteiger partial charge in [0.1, 0.15) is 18.2 Å². The molecule has 2 rings (SSSR count). The topological polar surface area (TPSA) is 104 Å². The van der Waals surface area contributed by atoms with Crippen LogP contribution in [0.5, 0.6) is 5.75 Å². The first-order valence-electron chi connectivity index (χ1n) is 7.42. The molecular weight excluding hydrogens is 394 g/mol. The van der Waals surface area contributed by atoms with E-state index in [0.29, 0.717) is 16.7 Å². The van der Waals surface area contributed by atoms with Crippen molar-refractivity contribution in [2.24, 2.45) is 0 Å². The molecule has 8 nitrogen and oxygen atoms in total. The number of halogens is 4. The molecule has 27 heavy (non-hydrogen) atoms. The van der Waals surface area contributed by atoms with Gasteiger partial charge in [-0.1, -0.05) is 11.8 Å². The number of aromatic nitrogens is 3. The molecule has 0 aliphatic carbocycles. The van der Waals surface area contributed by atoms with Crippen molar-refractivity contribution in [1.82, 2.24) is 20.2 Å². The molecule has 0 radical (unpaired) electrons. The van der Waals surface area contributed by atoms with E-state index in [1.807, 2.05) is 0 Å². The van der Waals surface area contributed by atoms with Gasteiger partial charge in [0.25, 0.3) is 0 Å². The second-order valence-electron chi connectivity index (χ2n) is 4.98. The summed E-state index contributed by atoms with van der Waals surface area (Å²) in [6, 6.07) is 5.39. The van der Waals surface area contributed by atoms with Crippen molar-refractivity contribution in [3.8, 4) is 5.75 Å². The Kier molecular flexibility index (Phi) is 7.10. The molecule has 0 unspecified atom stereocenters. The van der Waals surface area contributed by atoms with E-state index in [-0.39, 0.29) is 24.7 Å². The summed E-state index contributed by atoms with van der Waals surface area (Å²) in [6.07, 6.45) is -5.75. The lowest BCUT2D eigenvalue weighted by Gasteiger charge is -2.09. The Morgan fingerprint density at radius 1 is 1.26 bits per heavy atom. The second-order valence-corrected chi connectivity index (χ2v) is 6.04. The number of ether oxygens (including phenoxy) is 2. The highest BCUT2D eigenvalue weighted by Gasteiger charge is 2.29.